The van der Waals surface area contributed by atoms with Gasteiger partial charge >= 0.3 is 0 Å². The maximum Gasteiger partial charge on any atom is 0.192 e. The molecule has 0 bridgehead atoms. The minimum atomic E-state index is 0.150. The molecule has 2 rings (SSSR count). The van der Waals surface area contributed by atoms with Gasteiger partial charge < -0.3 is 15.7 Å². The molecule has 1 heterocycles. The molecule has 2 unspecified atom stereocenters. The summed E-state index contributed by atoms with van der Waals surface area (Å²) in [7, 11) is 0. The van der Waals surface area contributed by atoms with E-state index in [4.69, 9.17) is 5.73 Å². The molecule has 1 aromatic rings. The minimum Gasteiger partial charge on any atom is -0.508 e. The van der Waals surface area contributed by atoms with Crippen molar-refractivity contribution in [3.8, 4) is 5.75 Å². The molecule has 4 nitrogen and oxygen atoms in total. The first-order valence-electron chi connectivity index (χ1n) is 6.00. The lowest BCUT2D eigenvalue weighted by atomic mass is 10.0. The second kappa shape index (κ2) is 4.65. The van der Waals surface area contributed by atoms with Gasteiger partial charge in [0.2, 0.25) is 0 Å². The molecule has 0 saturated heterocycles. The summed E-state index contributed by atoms with van der Waals surface area (Å²) in [5.74, 6) is 0.893. The van der Waals surface area contributed by atoms with E-state index in [0.29, 0.717) is 18.5 Å². The molecule has 3 N–H and O–H groups in total. The number of nitrogens with two attached hydrogens (primary N) is 1. The van der Waals surface area contributed by atoms with E-state index in [2.05, 4.69) is 23.7 Å². The van der Waals surface area contributed by atoms with E-state index < -0.39 is 0 Å². The Hall–Kier alpha value is -1.71. The SMILES string of the molecule is CCC(C)N1C(N)=NCC1c1cccc(O)c1. The van der Waals surface area contributed by atoms with Gasteiger partial charge in [-0.2, -0.15) is 0 Å². The number of hydrogen-bond donors (Lipinski definition) is 2. The van der Waals surface area contributed by atoms with E-state index in [1.54, 1.807) is 12.1 Å². The molecule has 1 aliphatic rings. The molecular weight excluding hydrogens is 214 g/mol. The van der Waals surface area contributed by atoms with Gasteiger partial charge in [-0.25, -0.2) is 0 Å². The van der Waals surface area contributed by atoms with Gasteiger partial charge in [-0.05, 0) is 31.0 Å². The van der Waals surface area contributed by atoms with E-state index in [9.17, 15) is 5.11 Å². The molecule has 1 aliphatic heterocycles. The quantitative estimate of drug-likeness (QED) is 0.837. The first kappa shape index (κ1) is 11.8. The number of rotatable bonds is 3. The zero-order valence-electron chi connectivity index (χ0n) is 10.3. The predicted octanol–water partition coefficient (Wildman–Crippen LogP) is 1.86. The molecule has 0 radical (unpaired) electrons. The highest BCUT2D eigenvalue weighted by atomic mass is 16.3. The van der Waals surface area contributed by atoms with Crippen molar-refractivity contribution in [1.82, 2.24) is 4.90 Å². The molecule has 0 fully saturated rings. The van der Waals surface area contributed by atoms with Crippen LogP contribution in [-0.4, -0.2) is 28.6 Å². The predicted molar refractivity (Wildman–Crippen MR) is 68.9 cm³/mol. The van der Waals surface area contributed by atoms with Crippen LogP contribution in [0.3, 0.4) is 0 Å². The van der Waals surface area contributed by atoms with Gasteiger partial charge in [0.1, 0.15) is 5.75 Å². The number of phenolic OH excluding ortho intramolecular Hbond substituents is 1. The summed E-state index contributed by atoms with van der Waals surface area (Å²) in [5, 5.41) is 9.53. The van der Waals surface area contributed by atoms with Gasteiger partial charge in [0.15, 0.2) is 5.96 Å². The molecule has 0 aromatic heterocycles. The third kappa shape index (κ3) is 2.20. The van der Waals surface area contributed by atoms with Crippen LogP contribution in [0.1, 0.15) is 31.9 Å². The Balaban J connectivity index is 2.27. The molecule has 1 aromatic carbocycles. The zero-order chi connectivity index (χ0) is 12.4. The van der Waals surface area contributed by atoms with Crippen molar-refractivity contribution in [1.29, 1.82) is 0 Å². The Labute approximate surface area is 102 Å². The fraction of sp³-hybridized carbons (Fsp3) is 0.462. The van der Waals surface area contributed by atoms with Crippen LogP contribution in [0, 0.1) is 0 Å². The summed E-state index contributed by atoms with van der Waals surface area (Å²) >= 11 is 0. The average Bonchev–Trinajstić information content (AvgIpc) is 2.70. The third-order valence-electron chi connectivity index (χ3n) is 3.35. The number of nitrogens with zero attached hydrogens (tertiary/aromatic N) is 2. The molecule has 2 atom stereocenters. The fourth-order valence-corrected chi connectivity index (χ4v) is 2.24. The normalized spacial score (nSPS) is 21.4. The number of guanidine groups is 1. The standard InChI is InChI=1S/C13H19N3O/c1-3-9(2)16-12(8-15-13(16)14)10-5-4-6-11(17)7-10/h4-7,9,12,17H,3,8H2,1-2H3,(H2,14,15). The monoisotopic (exact) mass is 233 g/mol. The summed E-state index contributed by atoms with van der Waals surface area (Å²) in [6, 6.07) is 7.83. The Morgan fingerprint density at radius 2 is 2.35 bits per heavy atom. The number of aromatic hydroxyl groups is 1. The highest BCUT2D eigenvalue weighted by Gasteiger charge is 2.30. The van der Waals surface area contributed by atoms with Gasteiger partial charge in [0.05, 0.1) is 12.6 Å². The highest BCUT2D eigenvalue weighted by Crippen LogP contribution is 2.29. The van der Waals surface area contributed by atoms with Crippen LogP contribution in [0.25, 0.3) is 0 Å². The average molecular weight is 233 g/mol. The van der Waals surface area contributed by atoms with Crippen LogP contribution in [0.5, 0.6) is 5.75 Å². The van der Waals surface area contributed by atoms with Crippen molar-refractivity contribution >= 4 is 5.96 Å². The van der Waals surface area contributed by atoms with Crippen molar-refractivity contribution in [2.75, 3.05) is 6.54 Å². The summed E-state index contributed by atoms with van der Waals surface area (Å²) in [6.07, 6.45) is 1.02. The second-order valence-electron chi connectivity index (χ2n) is 4.47. The Morgan fingerprint density at radius 1 is 1.59 bits per heavy atom. The first-order valence-corrected chi connectivity index (χ1v) is 6.00. The van der Waals surface area contributed by atoms with E-state index in [-0.39, 0.29) is 11.8 Å². The maximum atomic E-state index is 9.53. The first-order chi connectivity index (χ1) is 8.13. The number of aliphatic imine (C=N–C) groups is 1. The molecule has 0 aliphatic carbocycles. The topological polar surface area (TPSA) is 61.8 Å². The van der Waals surface area contributed by atoms with Crippen LogP contribution in [-0.2, 0) is 0 Å². The minimum absolute atomic E-state index is 0.150. The van der Waals surface area contributed by atoms with Gasteiger partial charge in [-0.3, -0.25) is 4.99 Å². The molecule has 92 valence electrons. The maximum absolute atomic E-state index is 9.53. The fourth-order valence-electron chi connectivity index (χ4n) is 2.24. The van der Waals surface area contributed by atoms with Crippen molar-refractivity contribution in [2.24, 2.45) is 10.7 Å². The van der Waals surface area contributed by atoms with E-state index >= 15 is 0 Å². The number of benzene rings is 1. The second-order valence-corrected chi connectivity index (χ2v) is 4.47. The van der Waals surface area contributed by atoms with E-state index in [1.165, 1.54) is 0 Å². The van der Waals surface area contributed by atoms with Gasteiger partial charge in [0.25, 0.3) is 0 Å². The molecule has 17 heavy (non-hydrogen) atoms. The van der Waals surface area contributed by atoms with Gasteiger partial charge in [0, 0.05) is 6.04 Å². The molecule has 0 saturated carbocycles. The summed E-state index contributed by atoms with van der Waals surface area (Å²) in [5.41, 5.74) is 7.00. The third-order valence-corrected chi connectivity index (χ3v) is 3.35. The van der Waals surface area contributed by atoms with Gasteiger partial charge in [-0.1, -0.05) is 19.1 Å². The van der Waals surface area contributed by atoms with E-state index in [0.717, 1.165) is 12.0 Å². The lowest BCUT2D eigenvalue weighted by molar-refractivity contribution is 0.268. The van der Waals surface area contributed by atoms with Crippen LogP contribution >= 0.6 is 0 Å². The van der Waals surface area contributed by atoms with Crippen molar-refractivity contribution in [2.45, 2.75) is 32.4 Å². The molecule has 4 heteroatoms. The molecular formula is C13H19N3O. The largest absolute Gasteiger partial charge is 0.508 e. The van der Waals surface area contributed by atoms with Crippen molar-refractivity contribution < 1.29 is 5.11 Å². The summed E-state index contributed by atoms with van der Waals surface area (Å²) in [6.45, 7) is 4.94. The summed E-state index contributed by atoms with van der Waals surface area (Å²) in [4.78, 5) is 6.45. The van der Waals surface area contributed by atoms with Crippen LogP contribution < -0.4 is 5.73 Å². The summed E-state index contributed by atoms with van der Waals surface area (Å²) < 4.78 is 0. The van der Waals surface area contributed by atoms with E-state index in [1.807, 2.05) is 12.1 Å². The van der Waals surface area contributed by atoms with Crippen molar-refractivity contribution in [3.05, 3.63) is 29.8 Å². The Morgan fingerprint density at radius 3 is 3.00 bits per heavy atom. The smallest absolute Gasteiger partial charge is 0.192 e. The van der Waals surface area contributed by atoms with Crippen molar-refractivity contribution in [3.63, 3.8) is 0 Å². The zero-order valence-corrected chi connectivity index (χ0v) is 10.3. The van der Waals surface area contributed by atoms with Crippen LogP contribution in [0.15, 0.2) is 29.3 Å². The van der Waals surface area contributed by atoms with Crippen LogP contribution in [0.2, 0.25) is 0 Å². The molecule has 0 amide bonds. The van der Waals surface area contributed by atoms with Gasteiger partial charge in [-0.15, -0.1) is 0 Å². The highest BCUT2D eigenvalue weighted by molar-refractivity contribution is 5.80. The molecule has 0 spiro atoms. The number of hydrogen-bond acceptors (Lipinski definition) is 4. The van der Waals surface area contributed by atoms with Crippen LogP contribution in [0.4, 0.5) is 0 Å². The lowest BCUT2D eigenvalue weighted by Gasteiger charge is -2.32. The Bertz CT molecular complexity index is 430. The lowest BCUT2D eigenvalue weighted by Crippen LogP contribution is -2.42. The Kier molecular flexibility index (Phi) is 3.22. The number of phenols is 1.